The third kappa shape index (κ3) is 3.23. The number of benzene rings is 1. The standard InChI is InChI=1S/C13H17N3O3/c1-8(14-6-5-12(17)19-2)9-3-4-10-11(7-9)16-13(18)15-10/h3-4,7-8,14H,5-6H2,1-2H3,(H2,15,16,18). The number of aromatic nitrogens is 2. The van der Waals surface area contributed by atoms with E-state index in [0.29, 0.717) is 13.0 Å². The molecule has 2 aromatic rings. The average Bonchev–Trinajstić information content (AvgIpc) is 2.77. The van der Waals surface area contributed by atoms with Crippen molar-refractivity contribution >= 4 is 17.0 Å². The van der Waals surface area contributed by atoms with Crippen molar-refractivity contribution in [1.29, 1.82) is 0 Å². The Bertz CT molecular complexity index is 629. The number of esters is 1. The second-order valence-electron chi connectivity index (χ2n) is 4.39. The van der Waals surface area contributed by atoms with Gasteiger partial charge in [0.15, 0.2) is 0 Å². The molecule has 0 fully saturated rings. The van der Waals surface area contributed by atoms with E-state index in [0.717, 1.165) is 16.6 Å². The lowest BCUT2D eigenvalue weighted by molar-refractivity contribution is -0.140. The van der Waals surface area contributed by atoms with Crippen molar-refractivity contribution in [3.63, 3.8) is 0 Å². The second kappa shape index (κ2) is 5.71. The van der Waals surface area contributed by atoms with Gasteiger partial charge in [-0.05, 0) is 24.6 Å². The Hall–Kier alpha value is -2.08. The zero-order valence-electron chi connectivity index (χ0n) is 10.9. The van der Waals surface area contributed by atoms with Gasteiger partial charge in [-0.2, -0.15) is 0 Å². The van der Waals surface area contributed by atoms with Crippen LogP contribution in [0.3, 0.4) is 0 Å². The maximum absolute atomic E-state index is 11.2. The van der Waals surface area contributed by atoms with Crippen LogP contribution in [0.5, 0.6) is 0 Å². The van der Waals surface area contributed by atoms with Crippen LogP contribution in [-0.4, -0.2) is 29.6 Å². The minimum Gasteiger partial charge on any atom is -0.469 e. The third-order valence-electron chi connectivity index (χ3n) is 3.05. The summed E-state index contributed by atoms with van der Waals surface area (Å²) in [5, 5.41) is 3.23. The number of carbonyl (C=O) groups excluding carboxylic acids is 1. The Morgan fingerprint density at radius 1 is 1.37 bits per heavy atom. The Morgan fingerprint density at radius 3 is 2.84 bits per heavy atom. The van der Waals surface area contributed by atoms with Gasteiger partial charge in [-0.3, -0.25) is 4.79 Å². The van der Waals surface area contributed by atoms with Crippen molar-refractivity contribution in [2.45, 2.75) is 19.4 Å². The van der Waals surface area contributed by atoms with Gasteiger partial charge in [-0.25, -0.2) is 4.79 Å². The Kier molecular flexibility index (Phi) is 4.01. The summed E-state index contributed by atoms with van der Waals surface area (Å²) < 4.78 is 4.58. The van der Waals surface area contributed by atoms with Gasteiger partial charge in [0.05, 0.1) is 24.6 Å². The SMILES string of the molecule is COC(=O)CCNC(C)c1ccc2[nH]c(=O)[nH]c2c1. The van der Waals surface area contributed by atoms with E-state index in [1.165, 1.54) is 7.11 Å². The summed E-state index contributed by atoms with van der Waals surface area (Å²) in [6.07, 6.45) is 0.337. The fourth-order valence-corrected chi connectivity index (χ4v) is 1.93. The predicted octanol–water partition coefficient (Wildman–Crippen LogP) is 1.07. The molecule has 3 N–H and O–H groups in total. The first-order chi connectivity index (χ1) is 9.10. The van der Waals surface area contributed by atoms with Crippen molar-refractivity contribution in [1.82, 2.24) is 15.3 Å². The maximum Gasteiger partial charge on any atom is 0.323 e. The maximum atomic E-state index is 11.2. The number of nitrogens with one attached hydrogen (secondary N) is 3. The molecule has 0 saturated heterocycles. The lowest BCUT2D eigenvalue weighted by Crippen LogP contribution is -2.22. The second-order valence-corrected chi connectivity index (χ2v) is 4.39. The van der Waals surface area contributed by atoms with Gasteiger partial charge in [0.25, 0.3) is 0 Å². The normalized spacial score (nSPS) is 12.5. The monoisotopic (exact) mass is 263 g/mol. The van der Waals surface area contributed by atoms with Crippen LogP contribution in [0.2, 0.25) is 0 Å². The number of aromatic amines is 2. The van der Waals surface area contributed by atoms with Gasteiger partial charge in [0, 0.05) is 12.6 Å². The van der Waals surface area contributed by atoms with Crippen LogP contribution in [0.25, 0.3) is 11.0 Å². The van der Waals surface area contributed by atoms with E-state index in [9.17, 15) is 9.59 Å². The zero-order valence-corrected chi connectivity index (χ0v) is 10.9. The molecule has 0 bridgehead atoms. The minimum atomic E-state index is -0.231. The molecule has 0 radical (unpaired) electrons. The summed E-state index contributed by atoms with van der Waals surface area (Å²) in [4.78, 5) is 27.6. The van der Waals surface area contributed by atoms with Gasteiger partial charge in [-0.15, -0.1) is 0 Å². The number of hydrogen-bond acceptors (Lipinski definition) is 4. The lowest BCUT2D eigenvalue weighted by Gasteiger charge is -2.13. The van der Waals surface area contributed by atoms with E-state index < -0.39 is 0 Å². The molecule has 6 nitrogen and oxygen atoms in total. The lowest BCUT2D eigenvalue weighted by atomic mass is 10.1. The average molecular weight is 263 g/mol. The van der Waals surface area contributed by atoms with Gasteiger partial charge >= 0.3 is 11.7 Å². The number of ether oxygens (including phenoxy) is 1. The van der Waals surface area contributed by atoms with E-state index >= 15 is 0 Å². The molecule has 1 unspecified atom stereocenters. The highest BCUT2D eigenvalue weighted by molar-refractivity contribution is 5.75. The quantitative estimate of drug-likeness (QED) is 0.704. The highest BCUT2D eigenvalue weighted by atomic mass is 16.5. The summed E-state index contributed by atoms with van der Waals surface area (Å²) in [5.41, 5.74) is 2.41. The largest absolute Gasteiger partial charge is 0.469 e. The molecule has 1 aromatic carbocycles. The first-order valence-electron chi connectivity index (χ1n) is 6.12. The number of imidazole rings is 1. The number of fused-ring (bicyclic) bond motifs is 1. The predicted molar refractivity (Wildman–Crippen MR) is 72.0 cm³/mol. The Labute approximate surface area is 110 Å². The highest BCUT2D eigenvalue weighted by Gasteiger charge is 2.08. The fraction of sp³-hybridized carbons (Fsp3) is 0.385. The van der Waals surface area contributed by atoms with E-state index in [4.69, 9.17) is 0 Å². The summed E-state index contributed by atoms with van der Waals surface area (Å²) in [7, 11) is 1.38. The molecule has 0 aliphatic carbocycles. The zero-order chi connectivity index (χ0) is 13.8. The van der Waals surface area contributed by atoms with E-state index in [1.54, 1.807) is 0 Å². The van der Waals surface area contributed by atoms with Crippen LogP contribution in [0.15, 0.2) is 23.0 Å². The molecule has 2 rings (SSSR count). The van der Waals surface area contributed by atoms with Crippen molar-refractivity contribution in [2.75, 3.05) is 13.7 Å². The van der Waals surface area contributed by atoms with Crippen molar-refractivity contribution in [3.05, 3.63) is 34.2 Å². The van der Waals surface area contributed by atoms with Crippen LogP contribution in [0.1, 0.15) is 24.9 Å². The summed E-state index contributed by atoms with van der Waals surface area (Å²) in [6, 6.07) is 5.82. The molecule has 1 heterocycles. The van der Waals surface area contributed by atoms with Gasteiger partial charge < -0.3 is 20.0 Å². The summed E-state index contributed by atoms with van der Waals surface area (Å²) in [5.74, 6) is -0.231. The van der Waals surface area contributed by atoms with E-state index in [-0.39, 0.29) is 17.7 Å². The van der Waals surface area contributed by atoms with Gasteiger partial charge in [0.2, 0.25) is 0 Å². The van der Waals surface area contributed by atoms with Gasteiger partial charge in [-0.1, -0.05) is 6.07 Å². The van der Waals surface area contributed by atoms with Crippen LogP contribution >= 0.6 is 0 Å². The smallest absolute Gasteiger partial charge is 0.323 e. The number of hydrogen-bond donors (Lipinski definition) is 3. The fourth-order valence-electron chi connectivity index (χ4n) is 1.93. The number of H-pyrrole nitrogens is 2. The first kappa shape index (κ1) is 13.4. The molecular weight excluding hydrogens is 246 g/mol. The molecule has 1 aromatic heterocycles. The molecular formula is C13H17N3O3. The van der Waals surface area contributed by atoms with E-state index in [2.05, 4.69) is 20.0 Å². The highest BCUT2D eigenvalue weighted by Crippen LogP contribution is 2.16. The molecule has 0 saturated carbocycles. The number of carbonyl (C=O) groups is 1. The Morgan fingerprint density at radius 2 is 2.11 bits per heavy atom. The molecule has 0 aliphatic rings. The molecule has 6 heteroatoms. The molecule has 102 valence electrons. The van der Waals surface area contributed by atoms with Crippen molar-refractivity contribution in [2.24, 2.45) is 0 Å². The van der Waals surface area contributed by atoms with E-state index in [1.807, 2.05) is 25.1 Å². The minimum absolute atomic E-state index is 0.0902. The van der Waals surface area contributed by atoms with Gasteiger partial charge in [0.1, 0.15) is 0 Å². The number of methoxy groups -OCH3 is 1. The van der Waals surface area contributed by atoms with Crippen LogP contribution in [0, 0.1) is 0 Å². The molecule has 19 heavy (non-hydrogen) atoms. The Balaban J connectivity index is 2.02. The molecule has 0 amide bonds. The topological polar surface area (TPSA) is 87.0 Å². The third-order valence-corrected chi connectivity index (χ3v) is 3.05. The first-order valence-corrected chi connectivity index (χ1v) is 6.12. The number of rotatable bonds is 5. The van der Waals surface area contributed by atoms with Crippen LogP contribution in [-0.2, 0) is 9.53 Å². The molecule has 0 spiro atoms. The van der Waals surface area contributed by atoms with Crippen molar-refractivity contribution in [3.8, 4) is 0 Å². The summed E-state index contributed by atoms with van der Waals surface area (Å²) >= 11 is 0. The summed E-state index contributed by atoms with van der Waals surface area (Å²) in [6.45, 7) is 2.55. The molecule has 0 aliphatic heterocycles. The molecule has 1 atom stereocenters. The van der Waals surface area contributed by atoms with Crippen LogP contribution < -0.4 is 11.0 Å². The van der Waals surface area contributed by atoms with Crippen LogP contribution in [0.4, 0.5) is 0 Å². The van der Waals surface area contributed by atoms with Crippen molar-refractivity contribution < 1.29 is 9.53 Å².